The lowest BCUT2D eigenvalue weighted by molar-refractivity contribution is -0.136. The summed E-state index contributed by atoms with van der Waals surface area (Å²) >= 11 is 6.32. The second kappa shape index (κ2) is 30.0. The average molecular weight is 1050 g/mol. The number of para-hydroxylation sites is 1. The smallest absolute Gasteiger partial charge is 0.245 e. The van der Waals surface area contributed by atoms with Gasteiger partial charge in [0.25, 0.3) is 0 Å². The van der Waals surface area contributed by atoms with Gasteiger partial charge in [-0.1, -0.05) is 48.4 Å². The minimum absolute atomic E-state index is 0.0347. The van der Waals surface area contributed by atoms with Gasteiger partial charge in [-0.05, 0) is 87.1 Å². The fourth-order valence-corrected chi connectivity index (χ4v) is 8.87. The molecule has 0 bridgehead atoms. The van der Waals surface area contributed by atoms with Crippen molar-refractivity contribution in [1.29, 1.82) is 0 Å². The maximum Gasteiger partial charge on any atom is 0.245 e. The Morgan fingerprint density at radius 2 is 1.46 bits per heavy atom. The number of hydrogen-bond donors (Lipinski definition) is 12. The number of nitrogens with zero attached hydrogens (tertiary/aromatic N) is 2. The number of aliphatic hydroxyl groups is 1. The first kappa shape index (κ1) is 59.2. The number of ketones is 3. The molecule has 0 unspecified atom stereocenters. The van der Waals surface area contributed by atoms with Crippen LogP contribution in [0.15, 0.2) is 64.7 Å². The molecule has 0 aliphatic carbocycles. The van der Waals surface area contributed by atoms with Crippen LogP contribution in [0.4, 0.5) is 0 Å². The van der Waals surface area contributed by atoms with E-state index in [0.717, 1.165) is 10.9 Å². The number of primary amides is 1. The van der Waals surface area contributed by atoms with Crippen molar-refractivity contribution >= 4 is 87.2 Å². The lowest BCUT2D eigenvalue weighted by Crippen LogP contribution is -2.58. The Bertz CT molecular complexity index is 2530. The van der Waals surface area contributed by atoms with Crippen LogP contribution < -0.4 is 55.3 Å². The Kier molecular flexibility index (Phi) is 23.9. The Morgan fingerprint density at radius 3 is 2.14 bits per heavy atom. The molecular weight excluding hydrogens is 978 g/mol. The van der Waals surface area contributed by atoms with Gasteiger partial charge in [0.05, 0.1) is 12.6 Å². The highest BCUT2D eigenvalue weighted by Gasteiger charge is 2.35. The molecule has 4 rings (SSSR count). The molecule has 1 aliphatic rings. The highest BCUT2D eigenvalue weighted by Crippen LogP contribution is 2.26. The van der Waals surface area contributed by atoms with Gasteiger partial charge in [0, 0.05) is 79.7 Å². The van der Waals surface area contributed by atoms with Crippen molar-refractivity contribution in [2.24, 2.45) is 50.5 Å². The van der Waals surface area contributed by atoms with Gasteiger partial charge in [0.2, 0.25) is 35.4 Å². The lowest BCUT2D eigenvalue weighted by Gasteiger charge is -2.26. The van der Waals surface area contributed by atoms with E-state index in [1.807, 2.05) is 24.3 Å². The molecule has 1 aliphatic heterocycles. The number of carbonyl (C=O) groups is 9. The van der Waals surface area contributed by atoms with E-state index in [2.05, 4.69) is 41.6 Å². The lowest BCUT2D eigenvalue weighted by atomic mass is 9.83. The summed E-state index contributed by atoms with van der Waals surface area (Å²) in [4.78, 5) is 135. The van der Waals surface area contributed by atoms with Gasteiger partial charge in [-0.3, -0.25) is 53.1 Å². The largest absolute Gasteiger partial charge is 0.394 e. The highest BCUT2D eigenvalue weighted by atomic mass is 35.5. The molecule has 2 heterocycles. The summed E-state index contributed by atoms with van der Waals surface area (Å²) in [6, 6.07) is 6.91. The summed E-state index contributed by atoms with van der Waals surface area (Å²) in [6.45, 7) is 0.429. The fraction of sp³-hybridized carbons (Fsp3) is 0.500. The molecule has 1 aromatic heterocycles. The van der Waals surface area contributed by atoms with E-state index in [1.54, 1.807) is 30.5 Å². The van der Waals surface area contributed by atoms with Crippen LogP contribution in [0.25, 0.3) is 10.9 Å². The number of benzene rings is 2. The number of aromatic amines is 1. The molecule has 2 aromatic carbocycles. The molecule has 17 N–H and O–H groups in total. The van der Waals surface area contributed by atoms with Crippen molar-refractivity contribution in [3.63, 3.8) is 0 Å². The van der Waals surface area contributed by atoms with Gasteiger partial charge in [0.15, 0.2) is 17.7 Å². The van der Waals surface area contributed by atoms with Gasteiger partial charge >= 0.3 is 0 Å². The van der Waals surface area contributed by atoms with Crippen LogP contribution in [0.3, 0.4) is 0 Å². The first-order valence-electron chi connectivity index (χ1n) is 24.6. The molecule has 74 heavy (non-hydrogen) atoms. The van der Waals surface area contributed by atoms with E-state index in [9.17, 15) is 48.3 Å². The van der Waals surface area contributed by atoms with E-state index in [4.69, 9.17) is 40.3 Å². The molecule has 23 nitrogen and oxygen atoms in total. The number of guanidine groups is 2. The number of amides is 6. The van der Waals surface area contributed by atoms with Crippen LogP contribution in [0.1, 0.15) is 95.1 Å². The number of fused-ring (bicyclic) bond motifs is 1. The molecular formula is C50H70ClN13O10. The number of nitrogens with one attached hydrogen (secondary N) is 6. The summed E-state index contributed by atoms with van der Waals surface area (Å²) in [7, 11) is 0. The maximum absolute atomic E-state index is 14.7. The van der Waals surface area contributed by atoms with Gasteiger partial charge < -0.3 is 65.3 Å². The topological polar surface area (TPSA) is 405 Å². The number of hydrogen-bond acceptors (Lipinski definition) is 12. The third-order valence-corrected chi connectivity index (χ3v) is 12.8. The molecule has 402 valence electrons. The van der Waals surface area contributed by atoms with Crippen molar-refractivity contribution < 1.29 is 48.3 Å². The monoisotopic (exact) mass is 1050 g/mol. The molecule has 24 heteroatoms. The van der Waals surface area contributed by atoms with Crippen LogP contribution >= 0.6 is 11.6 Å². The number of rotatable bonds is 17. The Hall–Kier alpha value is -7.40. The predicted octanol–water partition coefficient (Wildman–Crippen LogP) is -0.291. The van der Waals surface area contributed by atoms with Crippen LogP contribution in [-0.2, 0) is 56.0 Å². The third-order valence-electron chi connectivity index (χ3n) is 12.6. The number of halogens is 1. The van der Waals surface area contributed by atoms with E-state index in [1.165, 1.54) is 6.92 Å². The number of H-pyrrole nitrogens is 1. The van der Waals surface area contributed by atoms with Crippen molar-refractivity contribution in [3.8, 4) is 0 Å². The van der Waals surface area contributed by atoms with Crippen LogP contribution in [0.2, 0.25) is 5.02 Å². The summed E-state index contributed by atoms with van der Waals surface area (Å²) < 4.78 is 0. The summed E-state index contributed by atoms with van der Waals surface area (Å²) in [5.41, 5.74) is 29.8. The van der Waals surface area contributed by atoms with Crippen molar-refractivity contribution in [2.75, 3.05) is 19.7 Å². The van der Waals surface area contributed by atoms with Gasteiger partial charge in [-0.15, -0.1) is 0 Å². The van der Waals surface area contributed by atoms with Crippen LogP contribution in [0, 0.1) is 11.8 Å². The first-order valence-corrected chi connectivity index (χ1v) is 25.0. The van der Waals surface area contributed by atoms with E-state index < -0.39 is 102 Å². The standard InChI is InChI=1S/C50H70ClN13O10/c1-28(66)60-38(16-8-20-58-50(55)56)46(72)62-39-18-17-34(67)12-2-4-15-37(44(52)70)61-45(71)31(23-32-26-59-36-14-5-3-13-35(32)36)25-42(68)30(10-7-19-57-49(53)54)24-43(69)40(22-29-9-6-11-33(51)21-29)63-48(74)41(27-65)64-47(39)73/h3,5-6,9,11,13-14,21,26,30-31,37-41,59,65H,2,4,7-8,10,12,15-20,22-25,27H2,1H3,(H2,52,70)(H,60,66)(H,61,71)(H,62,72)(H,63,74)(H,64,73)(H4,53,54,57)(H4,55,56,58)/t30-,31-,37+,38+,39+,40-,41+/m1/s1. The van der Waals surface area contributed by atoms with Crippen molar-refractivity contribution in [2.45, 2.75) is 127 Å². The second-order valence-electron chi connectivity index (χ2n) is 18.4. The van der Waals surface area contributed by atoms with Gasteiger partial charge in [-0.2, -0.15) is 0 Å². The minimum Gasteiger partial charge on any atom is -0.394 e. The molecule has 6 amide bonds. The fourth-order valence-electron chi connectivity index (χ4n) is 8.66. The molecule has 3 aromatic rings. The van der Waals surface area contributed by atoms with Crippen molar-refractivity contribution in [3.05, 3.63) is 70.9 Å². The normalized spacial score (nSPS) is 21.6. The van der Waals surface area contributed by atoms with Crippen LogP contribution in [0.5, 0.6) is 0 Å². The number of aromatic nitrogens is 1. The SMILES string of the molecule is CC(=O)N[C@@H](CCCN=C(N)N)C(=O)N[C@H]1CCC(=O)CCCC[C@@H](C(N)=O)NC(=O)[C@H](Cc2c[nH]c3ccccc23)CC(=O)[C@H](CCCN=C(N)N)CC(=O)[C@@H](Cc2cccc(Cl)c2)NC(=O)[C@H](CO)NC1=O. The first-order chi connectivity index (χ1) is 35.2. The predicted molar refractivity (Wildman–Crippen MR) is 278 cm³/mol. The number of aliphatic imine (C=N–C) groups is 2. The molecule has 1 saturated heterocycles. The zero-order chi connectivity index (χ0) is 54.3. The summed E-state index contributed by atoms with van der Waals surface area (Å²) in [6.07, 6.45) is 1.33. The number of aliphatic hydroxyl groups excluding tert-OH is 1. The Balaban J connectivity index is 1.75. The average Bonchev–Trinajstić information content (AvgIpc) is 3.75. The maximum atomic E-state index is 14.7. The van der Waals surface area contributed by atoms with Gasteiger partial charge in [-0.25, -0.2) is 0 Å². The summed E-state index contributed by atoms with van der Waals surface area (Å²) in [5, 5.41) is 24.6. The Morgan fingerprint density at radius 1 is 0.770 bits per heavy atom. The third kappa shape index (κ3) is 19.9. The summed E-state index contributed by atoms with van der Waals surface area (Å²) in [5.74, 6) is -8.78. The zero-order valence-corrected chi connectivity index (χ0v) is 42.3. The quantitative estimate of drug-likeness (QED) is 0.0470. The van der Waals surface area contributed by atoms with Crippen LogP contribution in [-0.4, -0.2) is 125 Å². The number of Topliss-reactive ketones (excluding diaryl/α,β-unsaturated/α-hetero) is 3. The molecule has 1 fully saturated rings. The Labute approximate surface area is 433 Å². The van der Waals surface area contributed by atoms with E-state index in [-0.39, 0.29) is 114 Å². The molecule has 0 radical (unpaired) electrons. The highest BCUT2D eigenvalue weighted by molar-refractivity contribution is 6.30. The number of carbonyl (C=O) groups excluding carboxylic acids is 9. The second-order valence-corrected chi connectivity index (χ2v) is 18.9. The van der Waals surface area contributed by atoms with E-state index in [0.29, 0.717) is 16.1 Å². The zero-order valence-electron chi connectivity index (χ0n) is 41.5. The molecule has 0 spiro atoms. The van der Waals surface area contributed by atoms with Crippen molar-refractivity contribution in [1.82, 2.24) is 31.6 Å². The number of nitrogens with two attached hydrogens (primary N) is 5. The molecule has 7 atom stereocenters. The minimum atomic E-state index is -1.71. The molecule has 0 saturated carbocycles. The van der Waals surface area contributed by atoms with Gasteiger partial charge in [0.1, 0.15) is 35.7 Å². The van der Waals surface area contributed by atoms with E-state index >= 15 is 0 Å².